The molecule has 1 atom stereocenters. The Morgan fingerprint density at radius 3 is 2.66 bits per heavy atom. The van der Waals surface area contributed by atoms with Gasteiger partial charge in [0, 0.05) is 50.4 Å². The van der Waals surface area contributed by atoms with E-state index in [1.54, 1.807) is 24.5 Å². The fourth-order valence-corrected chi connectivity index (χ4v) is 4.85. The molecule has 1 aromatic carbocycles. The lowest BCUT2D eigenvalue weighted by Crippen LogP contribution is -2.41. The fraction of sp³-hybridized carbons (Fsp3) is 0.462. The van der Waals surface area contributed by atoms with Crippen LogP contribution in [-0.4, -0.2) is 69.3 Å². The highest BCUT2D eigenvalue weighted by atomic mass is 16.5. The number of benzene rings is 1. The summed E-state index contributed by atoms with van der Waals surface area (Å²) in [6.45, 7) is 5.69. The zero-order chi connectivity index (χ0) is 24.9. The number of anilines is 1. The number of fused-ring (bicyclic) bond motifs is 1. The average molecular weight is 480 g/mol. The van der Waals surface area contributed by atoms with Gasteiger partial charge >= 0.3 is 0 Å². The normalized spacial score (nSPS) is 15.4. The van der Waals surface area contributed by atoms with E-state index < -0.39 is 0 Å². The third kappa shape index (κ3) is 5.21. The second kappa shape index (κ2) is 11.0. The van der Waals surface area contributed by atoms with Crippen LogP contribution in [0.1, 0.15) is 43.5 Å². The Morgan fingerprint density at radius 1 is 1.26 bits per heavy atom. The number of rotatable bonds is 8. The number of carbonyl (C=O) groups is 2. The minimum absolute atomic E-state index is 0.0844. The molecule has 1 fully saturated rings. The summed E-state index contributed by atoms with van der Waals surface area (Å²) >= 11 is 0. The molecule has 2 amide bonds. The van der Waals surface area contributed by atoms with Gasteiger partial charge in [-0.3, -0.25) is 14.6 Å². The van der Waals surface area contributed by atoms with Crippen LogP contribution in [0, 0.1) is 5.92 Å². The Hall–Kier alpha value is -3.30. The van der Waals surface area contributed by atoms with Gasteiger partial charge < -0.3 is 24.6 Å². The summed E-state index contributed by atoms with van der Waals surface area (Å²) in [7, 11) is 1.46. The standard InChI is InChI=1S/C26H33N5O4/c1-4-22(32)17-8-11-30(12-9-17)26(34)20-13-19(28-23(33)16-35-3)14-21-24(20)31(5-2)25(29-21)18-7-6-10-27-15-18/h6-7,10,13-15,17,22,32H,4-5,8-9,11-12,16H2,1-3H3,(H,28,33)/t22-/m1/s1. The van der Waals surface area contributed by atoms with Gasteiger partial charge in [-0.15, -0.1) is 0 Å². The molecule has 2 N–H and O–H groups in total. The number of piperidine rings is 1. The summed E-state index contributed by atoms with van der Waals surface area (Å²) in [5.41, 5.74) is 3.20. The van der Waals surface area contributed by atoms with Gasteiger partial charge in [-0.25, -0.2) is 4.98 Å². The molecule has 0 spiro atoms. The zero-order valence-corrected chi connectivity index (χ0v) is 20.5. The lowest BCUT2D eigenvalue weighted by molar-refractivity contribution is -0.119. The number of imidazole rings is 1. The van der Waals surface area contributed by atoms with Crippen LogP contribution < -0.4 is 5.32 Å². The van der Waals surface area contributed by atoms with E-state index in [1.807, 2.05) is 35.4 Å². The molecule has 0 radical (unpaired) electrons. The molecule has 9 nitrogen and oxygen atoms in total. The van der Waals surface area contributed by atoms with Crippen molar-refractivity contribution >= 4 is 28.5 Å². The third-order valence-electron chi connectivity index (χ3n) is 6.66. The van der Waals surface area contributed by atoms with Gasteiger partial charge in [-0.2, -0.15) is 0 Å². The van der Waals surface area contributed by atoms with Gasteiger partial charge in [-0.1, -0.05) is 6.92 Å². The van der Waals surface area contributed by atoms with Crippen LogP contribution in [0.25, 0.3) is 22.4 Å². The Morgan fingerprint density at radius 2 is 2.03 bits per heavy atom. The summed E-state index contributed by atoms with van der Waals surface area (Å²) in [4.78, 5) is 36.9. The Kier molecular flexibility index (Phi) is 7.77. The fourth-order valence-electron chi connectivity index (χ4n) is 4.85. The first kappa shape index (κ1) is 24.8. The maximum absolute atomic E-state index is 13.8. The van der Waals surface area contributed by atoms with Crippen LogP contribution in [0.5, 0.6) is 0 Å². The summed E-state index contributed by atoms with van der Waals surface area (Å²) in [6.07, 6.45) is 5.38. The van der Waals surface area contributed by atoms with Crippen LogP contribution in [0.3, 0.4) is 0 Å². The number of aliphatic hydroxyl groups excluding tert-OH is 1. The minimum Gasteiger partial charge on any atom is -0.393 e. The smallest absolute Gasteiger partial charge is 0.256 e. The van der Waals surface area contributed by atoms with Crippen LogP contribution in [0.4, 0.5) is 5.69 Å². The van der Waals surface area contributed by atoms with Crippen molar-refractivity contribution in [3.8, 4) is 11.4 Å². The minimum atomic E-state index is -0.332. The molecule has 1 aliphatic heterocycles. The average Bonchev–Trinajstić information content (AvgIpc) is 3.26. The molecule has 3 aromatic rings. The number of aromatic nitrogens is 3. The number of ether oxygens (including phenoxy) is 1. The van der Waals surface area contributed by atoms with Gasteiger partial charge in [0.15, 0.2) is 0 Å². The molecule has 4 rings (SSSR count). The largest absolute Gasteiger partial charge is 0.393 e. The van der Waals surface area contributed by atoms with E-state index in [9.17, 15) is 14.7 Å². The number of nitrogens with one attached hydrogen (secondary N) is 1. The monoisotopic (exact) mass is 479 g/mol. The van der Waals surface area contributed by atoms with E-state index in [2.05, 4.69) is 10.3 Å². The van der Waals surface area contributed by atoms with Crippen molar-refractivity contribution in [2.75, 3.05) is 32.1 Å². The van der Waals surface area contributed by atoms with E-state index in [0.29, 0.717) is 36.4 Å². The number of hydrogen-bond acceptors (Lipinski definition) is 6. The molecule has 0 saturated carbocycles. The Bertz CT molecular complexity index is 1190. The Balaban J connectivity index is 1.77. The molecular weight excluding hydrogens is 446 g/mol. The molecule has 1 aliphatic rings. The van der Waals surface area contributed by atoms with Crippen molar-refractivity contribution in [1.29, 1.82) is 0 Å². The van der Waals surface area contributed by atoms with Crippen molar-refractivity contribution in [2.45, 2.75) is 45.8 Å². The number of amides is 2. The quantitative estimate of drug-likeness (QED) is 0.513. The summed E-state index contributed by atoms with van der Waals surface area (Å²) in [5, 5.41) is 13.1. The number of aliphatic hydroxyl groups is 1. The van der Waals surface area contributed by atoms with Crippen molar-refractivity contribution in [3.63, 3.8) is 0 Å². The van der Waals surface area contributed by atoms with Crippen LogP contribution in [0.15, 0.2) is 36.7 Å². The van der Waals surface area contributed by atoms with E-state index in [4.69, 9.17) is 9.72 Å². The highest BCUT2D eigenvalue weighted by Gasteiger charge is 2.29. The number of hydrogen-bond donors (Lipinski definition) is 2. The summed E-state index contributed by atoms with van der Waals surface area (Å²) in [5.74, 6) is 0.522. The van der Waals surface area contributed by atoms with E-state index in [-0.39, 0.29) is 30.4 Å². The van der Waals surface area contributed by atoms with Gasteiger partial charge in [0.2, 0.25) is 5.91 Å². The molecule has 35 heavy (non-hydrogen) atoms. The molecule has 0 unspecified atom stereocenters. The first-order valence-corrected chi connectivity index (χ1v) is 12.2. The zero-order valence-electron chi connectivity index (χ0n) is 20.5. The number of aryl methyl sites for hydroxylation is 1. The third-order valence-corrected chi connectivity index (χ3v) is 6.66. The van der Waals surface area contributed by atoms with E-state index in [1.165, 1.54) is 7.11 Å². The number of carbonyl (C=O) groups excluding carboxylic acids is 2. The summed E-state index contributed by atoms with van der Waals surface area (Å²) < 4.78 is 6.96. The SMILES string of the molecule is CC[C@@H](O)C1CCN(C(=O)c2cc(NC(=O)COC)cc3nc(-c4cccnc4)n(CC)c23)CC1. The van der Waals surface area contributed by atoms with Crippen molar-refractivity contribution in [2.24, 2.45) is 5.92 Å². The first-order valence-electron chi connectivity index (χ1n) is 12.2. The van der Waals surface area contributed by atoms with Gasteiger partial charge in [0.25, 0.3) is 5.91 Å². The van der Waals surface area contributed by atoms with Crippen LogP contribution in [-0.2, 0) is 16.1 Å². The summed E-state index contributed by atoms with van der Waals surface area (Å²) in [6, 6.07) is 7.31. The van der Waals surface area contributed by atoms with Gasteiger partial charge in [0.05, 0.1) is 22.7 Å². The molecule has 186 valence electrons. The van der Waals surface area contributed by atoms with Crippen molar-refractivity contribution in [1.82, 2.24) is 19.4 Å². The van der Waals surface area contributed by atoms with Crippen molar-refractivity contribution in [3.05, 3.63) is 42.2 Å². The Labute approximate surface area is 205 Å². The highest BCUT2D eigenvalue weighted by Crippen LogP contribution is 2.32. The molecular formula is C26H33N5O4. The predicted molar refractivity (Wildman–Crippen MR) is 134 cm³/mol. The van der Waals surface area contributed by atoms with Crippen LogP contribution >= 0.6 is 0 Å². The highest BCUT2D eigenvalue weighted by molar-refractivity contribution is 6.08. The maximum Gasteiger partial charge on any atom is 0.256 e. The second-order valence-corrected chi connectivity index (χ2v) is 8.90. The van der Waals surface area contributed by atoms with E-state index in [0.717, 1.165) is 36.2 Å². The van der Waals surface area contributed by atoms with Crippen LogP contribution in [0.2, 0.25) is 0 Å². The molecule has 2 aromatic heterocycles. The molecule has 0 bridgehead atoms. The first-order chi connectivity index (χ1) is 17.0. The van der Waals surface area contributed by atoms with E-state index >= 15 is 0 Å². The number of methoxy groups -OCH3 is 1. The maximum atomic E-state index is 13.8. The molecule has 0 aliphatic carbocycles. The molecule has 9 heteroatoms. The van der Waals surface area contributed by atoms with Crippen molar-refractivity contribution < 1.29 is 19.4 Å². The van der Waals surface area contributed by atoms with Gasteiger partial charge in [-0.05, 0) is 56.4 Å². The predicted octanol–water partition coefficient (Wildman–Crippen LogP) is 3.33. The number of nitrogens with zero attached hydrogens (tertiary/aromatic N) is 4. The lowest BCUT2D eigenvalue weighted by atomic mass is 9.89. The second-order valence-electron chi connectivity index (χ2n) is 8.90. The lowest BCUT2D eigenvalue weighted by Gasteiger charge is -2.34. The number of likely N-dealkylation sites (tertiary alicyclic amines) is 1. The van der Waals surface area contributed by atoms with Gasteiger partial charge in [0.1, 0.15) is 12.4 Å². The number of pyridine rings is 1. The topological polar surface area (TPSA) is 110 Å². The molecule has 1 saturated heterocycles. The molecule has 3 heterocycles.